The molecule has 0 saturated carbocycles. The summed E-state index contributed by atoms with van der Waals surface area (Å²) in [4.78, 5) is 21.9. The van der Waals surface area contributed by atoms with Crippen LogP contribution in [0.3, 0.4) is 0 Å². The molecule has 12 nitrogen and oxygen atoms in total. The number of hydrogen-bond donors (Lipinski definition) is 2. The third-order valence-electron chi connectivity index (χ3n) is 6.73. The average Bonchev–Trinajstić information content (AvgIpc) is 3.54. The van der Waals surface area contributed by atoms with E-state index in [4.69, 9.17) is 39.6 Å². The molecule has 1 amide bonds. The van der Waals surface area contributed by atoms with Gasteiger partial charge in [0.2, 0.25) is 5.91 Å². The highest BCUT2D eigenvalue weighted by Crippen LogP contribution is 2.48. The number of rotatable bonds is 12. The summed E-state index contributed by atoms with van der Waals surface area (Å²) in [6, 6.07) is 7.45. The van der Waals surface area contributed by atoms with E-state index in [-0.39, 0.29) is 54.6 Å². The van der Waals surface area contributed by atoms with Crippen molar-refractivity contribution in [1.82, 2.24) is 9.97 Å². The molecular weight excluding hydrogens is 594 g/mol. The van der Waals surface area contributed by atoms with Gasteiger partial charge in [0.15, 0.2) is 6.10 Å². The first-order valence-corrected chi connectivity index (χ1v) is 15.5. The van der Waals surface area contributed by atoms with E-state index in [1.807, 2.05) is 0 Å². The van der Waals surface area contributed by atoms with Gasteiger partial charge in [-0.05, 0) is 38.1 Å². The summed E-state index contributed by atoms with van der Waals surface area (Å²) in [5.41, 5.74) is 1.23. The molecule has 15 heteroatoms. The molecule has 226 valence electrons. The van der Waals surface area contributed by atoms with Gasteiger partial charge in [-0.25, -0.2) is 14.4 Å². The van der Waals surface area contributed by atoms with Gasteiger partial charge in [0, 0.05) is 24.2 Å². The lowest BCUT2D eigenvalue weighted by Crippen LogP contribution is -2.35. The van der Waals surface area contributed by atoms with Gasteiger partial charge in [0.05, 0.1) is 42.7 Å². The van der Waals surface area contributed by atoms with Crippen LogP contribution in [0.1, 0.15) is 13.8 Å². The van der Waals surface area contributed by atoms with Gasteiger partial charge >= 0.3 is 7.60 Å². The van der Waals surface area contributed by atoms with Gasteiger partial charge in [0.1, 0.15) is 48.2 Å². The number of halogens is 2. The number of fused-ring (bicyclic) bond motifs is 2. The number of amides is 1. The average molecular weight is 625 g/mol. The van der Waals surface area contributed by atoms with E-state index in [1.54, 1.807) is 33.1 Å². The minimum absolute atomic E-state index is 0.0584. The number of carbonyl (C=O) groups excluding carboxylic acids is 1. The number of nitrogens with zero attached hydrogens (tertiary/aromatic N) is 2. The first-order valence-electron chi connectivity index (χ1n) is 13.3. The molecule has 2 aliphatic rings. The molecule has 1 aromatic heterocycles. The maximum absolute atomic E-state index is 13.7. The fraction of sp³-hybridized carbons (Fsp3) is 0.444. The van der Waals surface area contributed by atoms with Crippen LogP contribution in [-0.4, -0.2) is 80.0 Å². The Morgan fingerprint density at radius 3 is 2.50 bits per heavy atom. The molecule has 0 unspecified atom stereocenters. The van der Waals surface area contributed by atoms with Crippen molar-refractivity contribution in [2.24, 2.45) is 0 Å². The zero-order valence-corrected chi connectivity index (χ0v) is 24.8. The van der Waals surface area contributed by atoms with Crippen LogP contribution >= 0.6 is 19.2 Å². The Kier molecular flexibility index (Phi) is 9.58. The maximum Gasteiger partial charge on any atom is 0.340 e. The maximum atomic E-state index is 13.7. The van der Waals surface area contributed by atoms with Gasteiger partial charge in [-0.3, -0.25) is 9.36 Å². The molecular formula is C27H31ClFN4O8P. The highest BCUT2D eigenvalue weighted by molar-refractivity contribution is 7.54. The number of methoxy groups -OCH3 is 1. The van der Waals surface area contributed by atoms with E-state index in [9.17, 15) is 13.8 Å². The number of anilines is 3. The molecule has 4 atom stereocenters. The summed E-state index contributed by atoms with van der Waals surface area (Å²) < 4.78 is 60.9. The normalized spacial score (nSPS) is 21.8. The Labute approximate surface area is 246 Å². The molecule has 2 fully saturated rings. The third-order valence-corrected chi connectivity index (χ3v) is 8.99. The molecule has 0 spiro atoms. The summed E-state index contributed by atoms with van der Waals surface area (Å²) >= 11 is 5.95. The van der Waals surface area contributed by atoms with Crippen molar-refractivity contribution in [3.05, 3.63) is 47.5 Å². The number of aromatic nitrogens is 2. The number of ether oxygens (including phenoxy) is 4. The Bertz CT molecular complexity index is 1490. The van der Waals surface area contributed by atoms with Crippen molar-refractivity contribution < 1.29 is 41.7 Å². The smallest absolute Gasteiger partial charge is 0.340 e. The molecule has 2 saturated heterocycles. The molecule has 2 N–H and O–H groups in total. The van der Waals surface area contributed by atoms with Crippen LogP contribution in [0.15, 0.2) is 36.7 Å². The summed E-state index contributed by atoms with van der Waals surface area (Å²) in [6.45, 7) is 4.16. The second-order valence-corrected chi connectivity index (χ2v) is 12.0. The molecule has 0 radical (unpaired) electrons. The lowest BCUT2D eigenvalue weighted by molar-refractivity contribution is -0.114. The minimum atomic E-state index is -3.68. The second kappa shape index (κ2) is 13.2. The fourth-order valence-electron chi connectivity index (χ4n) is 4.87. The number of hydrogen-bond acceptors (Lipinski definition) is 11. The van der Waals surface area contributed by atoms with Gasteiger partial charge in [0.25, 0.3) is 0 Å². The van der Waals surface area contributed by atoms with Gasteiger partial charge in [-0.1, -0.05) is 11.6 Å². The lowest BCUT2D eigenvalue weighted by Gasteiger charge is -2.22. The zero-order valence-electron chi connectivity index (χ0n) is 23.2. The Morgan fingerprint density at radius 2 is 1.81 bits per heavy atom. The largest absolute Gasteiger partial charge is 0.483 e. The van der Waals surface area contributed by atoms with Gasteiger partial charge in [-0.15, -0.1) is 0 Å². The van der Waals surface area contributed by atoms with Crippen LogP contribution in [0, 0.1) is 5.82 Å². The Balaban J connectivity index is 1.48. The predicted octanol–water partition coefficient (Wildman–Crippen LogP) is 4.93. The van der Waals surface area contributed by atoms with Crippen molar-refractivity contribution >= 4 is 53.2 Å². The molecule has 3 aromatic rings. The van der Waals surface area contributed by atoms with E-state index in [1.165, 1.54) is 24.5 Å². The summed E-state index contributed by atoms with van der Waals surface area (Å²) in [5.74, 6) is -0.519. The van der Waals surface area contributed by atoms with E-state index in [2.05, 4.69) is 20.6 Å². The van der Waals surface area contributed by atoms with Crippen molar-refractivity contribution in [3.63, 3.8) is 0 Å². The number of nitrogens with one attached hydrogen (secondary N) is 2. The molecule has 3 heterocycles. The summed E-state index contributed by atoms with van der Waals surface area (Å²) in [5, 5.41) is 6.34. The predicted molar refractivity (Wildman–Crippen MR) is 153 cm³/mol. The van der Waals surface area contributed by atoms with E-state index < -0.39 is 31.6 Å². The van der Waals surface area contributed by atoms with Gasteiger partial charge in [-0.2, -0.15) is 0 Å². The summed E-state index contributed by atoms with van der Waals surface area (Å²) in [7, 11) is -2.08. The number of carbonyl (C=O) groups is 1. The molecule has 0 aliphatic carbocycles. The highest BCUT2D eigenvalue weighted by atomic mass is 35.5. The molecule has 2 aliphatic heterocycles. The van der Waals surface area contributed by atoms with E-state index >= 15 is 0 Å². The van der Waals surface area contributed by atoms with Gasteiger partial charge < -0.3 is 38.6 Å². The van der Waals surface area contributed by atoms with E-state index in [0.717, 1.165) is 0 Å². The number of benzene rings is 2. The first kappa shape index (κ1) is 30.6. The quantitative estimate of drug-likeness (QED) is 0.265. The highest BCUT2D eigenvalue weighted by Gasteiger charge is 2.49. The SMILES string of the molecule is CCOP(=O)(CC(=O)Nc1cc2c(Nc3ccc(F)c(Cl)c3)ncnc2cc1O[C@H]1CO[C@@H]2[C@H]1OC[C@H]2OC)OCC. The minimum Gasteiger partial charge on any atom is -0.483 e. The van der Waals surface area contributed by atoms with Crippen molar-refractivity contribution in [3.8, 4) is 5.75 Å². The lowest BCUT2D eigenvalue weighted by atomic mass is 10.1. The van der Waals surface area contributed by atoms with Crippen molar-refractivity contribution in [2.45, 2.75) is 38.3 Å². The van der Waals surface area contributed by atoms with Crippen LogP contribution in [0.25, 0.3) is 10.9 Å². The topological polar surface area (TPSA) is 139 Å². The molecule has 42 heavy (non-hydrogen) atoms. The molecule has 5 rings (SSSR count). The van der Waals surface area contributed by atoms with Crippen molar-refractivity contribution in [2.75, 3.05) is 50.3 Å². The van der Waals surface area contributed by atoms with Crippen LogP contribution in [0.4, 0.5) is 21.6 Å². The fourth-order valence-corrected chi connectivity index (χ4v) is 6.53. The van der Waals surface area contributed by atoms with Crippen molar-refractivity contribution in [1.29, 1.82) is 0 Å². The molecule has 2 aromatic carbocycles. The van der Waals surface area contributed by atoms with Crippen LogP contribution in [-0.2, 0) is 32.6 Å². The zero-order chi connectivity index (χ0) is 29.9. The monoisotopic (exact) mass is 624 g/mol. The Morgan fingerprint density at radius 1 is 1.10 bits per heavy atom. The standard InChI is InChI=1S/C27H31ClFN4O8P/c1-4-39-42(35,40-5-2)13-24(34)33-20-9-16-19(30-14-31-27(16)32-15-6-7-18(29)17(28)8-15)10-21(20)41-23-12-38-25-22(36-3)11-37-26(23)25/h6-10,14,22-23,25-26H,4-5,11-13H2,1-3H3,(H,33,34)(H,30,31,32)/t22-,23+,25+,26+/m1/s1. The third kappa shape index (κ3) is 6.68. The second-order valence-electron chi connectivity index (χ2n) is 9.52. The molecule has 0 bridgehead atoms. The summed E-state index contributed by atoms with van der Waals surface area (Å²) in [6.07, 6.45) is -0.532. The van der Waals surface area contributed by atoms with E-state index in [0.29, 0.717) is 29.0 Å². The Hall–Kier alpha value is -2.90. The van der Waals surface area contributed by atoms with Crippen LogP contribution in [0.2, 0.25) is 5.02 Å². The van der Waals surface area contributed by atoms with Crippen LogP contribution < -0.4 is 15.4 Å². The van der Waals surface area contributed by atoms with Crippen LogP contribution in [0.5, 0.6) is 5.75 Å². The first-order chi connectivity index (χ1) is 20.2.